The fourth-order valence-electron chi connectivity index (χ4n) is 0.988. The molecule has 1 heterocycles. The lowest BCUT2D eigenvalue weighted by molar-refractivity contribution is 0.480. The van der Waals surface area contributed by atoms with Crippen molar-refractivity contribution in [1.29, 1.82) is 0 Å². The van der Waals surface area contributed by atoms with Crippen LogP contribution in [0.4, 0.5) is 0 Å². The SMILES string of the molecule is O=c1[nH]c2c(O)ccc(Cl)c2o1. The van der Waals surface area contributed by atoms with Gasteiger partial charge in [-0.2, -0.15) is 0 Å². The molecule has 0 bridgehead atoms. The largest absolute Gasteiger partial charge is 0.506 e. The number of benzene rings is 1. The minimum Gasteiger partial charge on any atom is -0.506 e. The lowest BCUT2D eigenvalue weighted by Crippen LogP contribution is -1.92. The van der Waals surface area contributed by atoms with Gasteiger partial charge in [-0.3, -0.25) is 4.98 Å². The maximum atomic E-state index is 10.7. The Morgan fingerprint density at radius 3 is 2.92 bits per heavy atom. The van der Waals surface area contributed by atoms with Crippen molar-refractivity contribution in [2.45, 2.75) is 0 Å². The van der Waals surface area contributed by atoms with Crippen molar-refractivity contribution in [3.63, 3.8) is 0 Å². The van der Waals surface area contributed by atoms with Gasteiger partial charge in [-0.05, 0) is 12.1 Å². The Morgan fingerprint density at radius 2 is 2.25 bits per heavy atom. The van der Waals surface area contributed by atoms with Crippen LogP contribution in [0.25, 0.3) is 11.1 Å². The first-order valence-electron chi connectivity index (χ1n) is 3.19. The molecule has 4 nitrogen and oxygen atoms in total. The van der Waals surface area contributed by atoms with Gasteiger partial charge in [0.05, 0.1) is 5.02 Å². The molecule has 2 rings (SSSR count). The van der Waals surface area contributed by atoms with Gasteiger partial charge in [0.2, 0.25) is 0 Å². The third-order valence-corrected chi connectivity index (χ3v) is 1.81. The molecule has 1 aromatic carbocycles. The van der Waals surface area contributed by atoms with E-state index in [9.17, 15) is 9.90 Å². The highest BCUT2D eigenvalue weighted by molar-refractivity contribution is 6.34. The van der Waals surface area contributed by atoms with E-state index in [-0.39, 0.29) is 16.8 Å². The second-order valence-corrected chi connectivity index (χ2v) is 2.69. The summed E-state index contributed by atoms with van der Waals surface area (Å²) in [5.41, 5.74) is 0.411. The van der Waals surface area contributed by atoms with Gasteiger partial charge >= 0.3 is 5.76 Å². The number of hydrogen-bond donors (Lipinski definition) is 2. The molecule has 2 N–H and O–H groups in total. The van der Waals surface area contributed by atoms with E-state index in [0.717, 1.165) is 0 Å². The summed E-state index contributed by atoms with van der Waals surface area (Å²) in [6.07, 6.45) is 0. The van der Waals surface area contributed by atoms with Crippen LogP contribution in [0.1, 0.15) is 0 Å². The summed E-state index contributed by atoms with van der Waals surface area (Å²) < 4.78 is 4.68. The van der Waals surface area contributed by atoms with E-state index < -0.39 is 5.76 Å². The predicted molar refractivity (Wildman–Crippen MR) is 43.5 cm³/mol. The third kappa shape index (κ3) is 0.887. The van der Waals surface area contributed by atoms with Crippen LogP contribution in [-0.2, 0) is 0 Å². The van der Waals surface area contributed by atoms with E-state index in [1.807, 2.05) is 0 Å². The van der Waals surface area contributed by atoms with E-state index in [1.54, 1.807) is 0 Å². The molecule has 1 aromatic heterocycles. The average molecular weight is 186 g/mol. The molecule has 0 aliphatic heterocycles. The first kappa shape index (κ1) is 7.24. The molecule has 62 valence electrons. The number of phenols is 1. The monoisotopic (exact) mass is 185 g/mol. The van der Waals surface area contributed by atoms with Gasteiger partial charge in [0.25, 0.3) is 0 Å². The molecule has 0 radical (unpaired) electrons. The van der Waals surface area contributed by atoms with Crippen LogP contribution < -0.4 is 5.76 Å². The van der Waals surface area contributed by atoms with Gasteiger partial charge in [-0.25, -0.2) is 4.79 Å². The Balaban J connectivity index is 3.03. The number of oxazole rings is 1. The van der Waals surface area contributed by atoms with E-state index in [0.29, 0.717) is 5.02 Å². The molecule has 0 atom stereocenters. The number of rotatable bonds is 0. The maximum Gasteiger partial charge on any atom is 0.417 e. The zero-order chi connectivity index (χ0) is 8.72. The number of H-pyrrole nitrogens is 1. The average Bonchev–Trinajstić information content (AvgIpc) is 2.41. The normalized spacial score (nSPS) is 10.8. The molecule has 2 aromatic rings. The van der Waals surface area contributed by atoms with E-state index in [1.165, 1.54) is 12.1 Å². The van der Waals surface area contributed by atoms with E-state index >= 15 is 0 Å². The van der Waals surface area contributed by atoms with Gasteiger partial charge in [0.15, 0.2) is 5.58 Å². The van der Waals surface area contributed by atoms with Gasteiger partial charge in [-0.15, -0.1) is 0 Å². The van der Waals surface area contributed by atoms with E-state index in [4.69, 9.17) is 11.6 Å². The van der Waals surface area contributed by atoms with Gasteiger partial charge in [0.1, 0.15) is 11.3 Å². The lowest BCUT2D eigenvalue weighted by atomic mass is 10.3. The van der Waals surface area contributed by atoms with Crippen molar-refractivity contribution in [3.8, 4) is 5.75 Å². The molecular weight excluding hydrogens is 182 g/mol. The fraction of sp³-hybridized carbons (Fsp3) is 0. The van der Waals surface area contributed by atoms with Crippen LogP contribution in [0.15, 0.2) is 21.3 Å². The highest BCUT2D eigenvalue weighted by atomic mass is 35.5. The van der Waals surface area contributed by atoms with Gasteiger partial charge < -0.3 is 9.52 Å². The number of fused-ring (bicyclic) bond motifs is 1. The van der Waals surface area contributed by atoms with Crippen LogP contribution in [0.2, 0.25) is 5.02 Å². The molecular formula is C7H4ClNO3. The molecule has 5 heteroatoms. The zero-order valence-electron chi connectivity index (χ0n) is 5.80. The first-order valence-corrected chi connectivity index (χ1v) is 3.56. The van der Waals surface area contributed by atoms with Crippen molar-refractivity contribution in [3.05, 3.63) is 27.7 Å². The standard InChI is InChI=1S/C7H4ClNO3/c8-3-1-2-4(10)5-6(3)12-7(11)9-5/h1-2,10H,(H,9,11). The maximum absolute atomic E-state index is 10.7. The molecule has 0 amide bonds. The smallest absolute Gasteiger partial charge is 0.417 e. The molecule has 0 aliphatic rings. The fourth-order valence-corrected chi connectivity index (χ4v) is 1.18. The summed E-state index contributed by atoms with van der Waals surface area (Å²) in [5.74, 6) is -0.686. The van der Waals surface area contributed by atoms with Crippen molar-refractivity contribution in [1.82, 2.24) is 4.98 Å². The van der Waals surface area contributed by atoms with Crippen LogP contribution in [0.3, 0.4) is 0 Å². The van der Waals surface area contributed by atoms with Crippen LogP contribution >= 0.6 is 11.6 Å². The van der Waals surface area contributed by atoms with Crippen molar-refractivity contribution in [2.24, 2.45) is 0 Å². The molecule has 12 heavy (non-hydrogen) atoms. The van der Waals surface area contributed by atoms with Crippen LogP contribution in [0, 0.1) is 0 Å². The number of aromatic hydroxyl groups is 1. The predicted octanol–water partition coefficient (Wildman–Crippen LogP) is 1.48. The number of aromatic amines is 1. The Bertz CT molecular complexity index is 443. The minimum absolute atomic E-state index is 0.0553. The van der Waals surface area contributed by atoms with Gasteiger partial charge in [0, 0.05) is 0 Å². The summed E-state index contributed by atoms with van der Waals surface area (Å²) in [7, 11) is 0. The third-order valence-electron chi connectivity index (χ3n) is 1.51. The number of hydrogen-bond acceptors (Lipinski definition) is 3. The van der Waals surface area contributed by atoms with E-state index in [2.05, 4.69) is 9.40 Å². The summed E-state index contributed by atoms with van der Waals surface area (Å²) >= 11 is 5.68. The molecule has 0 aliphatic carbocycles. The molecule has 0 spiro atoms. The Morgan fingerprint density at radius 1 is 1.50 bits per heavy atom. The topological polar surface area (TPSA) is 66.2 Å². The minimum atomic E-state index is -0.631. The quantitative estimate of drug-likeness (QED) is 0.653. The Labute approximate surface area is 71.4 Å². The molecule has 0 saturated carbocycles. The highest BCUT2D eigenvalue weighted by Crippen LogP contribution is 2.27. The zero-order valence-corrected chi connectivity index (χ0v) is 6.55. The number of aromatic nitrogens is 1. The van der Waals surface area contributed by atoms with Crippen molar-refractivity contribution >= 4 is 22.7 Å². The summed E-state index contributed by atoms with van der Waals surface area (Å²) in [6, 6.07) is 2.84. The Hall–Kier alpha value is -1.42. The number of halogens is 1. The first-order chi connectivity index (χ1) is 5.68. The van der Waals surface area contributed by atoms with Crippen LogP contribution in [0.5, 0.6) is 5.75 Å². The second-order valence-electron chi connectivity index (χ2n) is 2.29. The highest BCUT2D eigenvalue weighted by Gasteiger charge is 2.08. The number of nitrogens with one attached hydrogen (secondary N) is 1. The van der Waals surface area contributed by atoms with Gasteiger partial charge in [-0.1, -0.05) is 11.6 Å². The number of phenolic OH excluding ortho intramolecular Hbond substituents is 1. The summed E-state index contributed by atoms with van der Waals surface area (Å²) in [4.78, 5) is 13.0. The van der Waals surface area contributed by atoms with Crippen molar-refractivity contribution in [2.75, 3.05) is 0 Å². The Kier molecular flexibility index (Phi) is 1.38. The summed E-state index contributed by atoms with van der Waals surface area (Å²) in [6.45, 7) is 0. The second kappa shape index (κ2) is 2.28. The lowest BCUT2D eigenvalue weighted by Gasteiger charge is -1.92. The molecule has 0 fully saturated rings. The molecule has 0 saturated heterocycles. The molecule has 0 unspecified atom stereocenters. The summed E-state index contributed by atoms with van der Waals surface area (Å²) in [5, 5.41) is 9.51. The van der Waals surface area contributed by atoms with Crippen LogP contribution in [-0.4, -0.2) is 10.1 Å². The van der Waals surface area contributed by atoms with Crippen molar-refractivity contribution < 1.29 is 9.52 Å².